The fraction of sp³-hybridized carbons (Fsp3) is 0.750. The summed E-state index contributed by atoms with van der Waals surface area (Å²) in [6.45, 7) is 2.59. The number of aliphatic carboxylic acids is 1. The van der Waals surface area contributed by atoms with Gasteiger partial charge in [-0.05, 0) is 6.42 Å². The molecule has 0 amide bonds. The van der Waals surface area contributed by atoms with Crippen LogP contribution in [-0.4, -0.2) is 53.7 Å². The van der Waals surface area contributed by atoms with Crippen LogP contribution in [0.4, 0.5) is 0 Å². The number of hydrogen-bond acceptors (Lipinski definition) is 5. The molecule has 0 saturated carbocycles. The number of nitrogens with two attached hydrogens (primary N) is 1. The number of likely N-dealkylation sites (tertiary alicyclic amines) is 1. The smallest absolute Gasteiger partial charge is 0.325 e. The number of nitrogens with zero attached hydrogens (tertiary/aromatic N) is 2. The second-order valence-electron chi connectivity index (χ2n) is 3.76. The second-order valence-corrected chi connectivity index (χ2v) is 3.76. The lowest BCUT2D eigenvalue weighted by Gasteiger charge is -2.21. The first kappa shape index (κ1) is 9.26. The Morgan fingerprint density at radius 3 is 3.00 bits per heavy atom. The van der Waals surface area contributed by atoms with Gasteiger partial charge in [-0.25, -0.2) is 0 Å². The third-order valence-electron chi connectivity index (χ3n) is 2.68. The maximum Gasteiger partial charge on any atom is 0.325 e. The van der Waals surface area contributed by atoms with Crippen molar-refractivity contribution in [3.05, 3.63) is 0 Å². The molecule has 2 aliphatic rings. The summed E-state index contributed by atoms with van der Waals surface area (Å²) in [6, 6.07) is 0. The lowest BCUT2D eigenvalue weighted by molar-refractivity contribution is -0.142. The van der Waals surface area contributed by atoms with E-state index >= 15 is 0 Å². The lowest BCUT2D eigenvalue weighted by atomic mass is 10.0. The van der Waals surface area contributed by atoms with Crippen LogP contribution in [0.5, 0.6) is 0 Å². The van der Waals surface area contributed by atoms with Gasteiger partial charge in [0.2, 0.25) is 0 Å². The molecule has 2 aliphatic heterocycles. The van der Waals surface area contributed by atoms with E-state index in [9.17, 15) is 4.79 Å². The summed E-state index contributed by atoms with van der Waals surface area (Å²) < 4.78 is 0. The Kier molecular flexibility index (Phi) is 2.07. The van der Waals surface area contributed by atoms with Gasteiger partial charge in [-0.1, -0.05) is 0 Å². The molecule has 1 atom stereocenters. The van der Waals surface area contributed by atoms with Crippen LogP contribution < -0.4 is 11.1 Å². The summed E-state index contributed by atoms with van der Waals surface area (Å²) in [5.74, 6) is -0.142. The van der Waals surface area contributed by atoms with E-state index in [-0.39, 0.29) is 0 Å². The van der Waals surface area contributed by atoms with Gasteiger partial charge in [0, 0.05) is 19.6 Å². The molecule has 2 rings (SSSR count). The van der Waals surface area contributed by atoms with Gasteiger partial charge in [-0.2, -0.15) is 0 Å². The van der Waals surface area contributed by atoms with E-state index in [1.807, 2.05) is 4.90 Å². The minimum absolute atomic E-state index is 0.341. The Morgan fingerprint density at radius 2 is 2.50 bits per heavy atom. The molecule has 1 unspecified atom stereocenters. The summed E-state index contributed by atoms with van der Waals surface area (Å²) in [5.41, 5.74) is 4.63. The Morgan fingerprint density at radius 1 is 1.71 bits per heavy atom. The number of aliphatic imine (C=N–C) groups is 1. The van der Waals surface area contributed by atoms with Crippen molar-refractivity contribution >= 4 is 11.9 Å². The van der Waals surface area contributed by atoms with Crippen molar-refractivity contribution in [1.82, 2.24) is 10.2 Å². The molecule has 2 heterocycles. The maximum absolute atomic E-state index is 10.9. The number of carboxylic acids is 1. The third-order valence-corrected chi connectivity index (χ3v) is 2.68. The van der Waals surface area contributed by atoms with Crippen molar-refractivity contribution in [1.29, 1.82) is 0 Å². The van der Waals surface area contributed by atoms with Crippen molar-refractivity contribution in [3.8, 4) is 0 Å². The average Bonchev–Trinajstić information content (AvgIpc) is 2.72. The number of guanidine groups is 1. The molecule has 6 nitrogen and oxygen atoms in total. The lowest BCUT2D eigenvalue weighted by Crippen LogP contribution is -2.51. The molecular weight excluding hydrogens is 184 g/mol. The molecule has 6 heteroatoms. The van der Waals surface area contributed by atoms with Crippen molar-refractivity contribution in [3.63, 3.8) is 0 Å². The summed E-state index contributed by atoms with van der Waals surface area (Å²) in [4.78, 5) is 17.0. The third kappa shape index (κ3) is 1.41. The molecule has 0 aliphatic carbocycles. The van der Waals surface area contributed by atoms with Gasteiger partial charge in [-0.3, -0.25) is 9.79 Å². The molecule has 0 aromatic carbocycles. The molecule has 0 aromatic heterocycles. The van der Waals surface area contributed by atoms with Crippen molar-refractivity contribution < 1.29 is 9.90 Å². The average molecular weight is 198 g/mol. The highest BCUT2D eigenvalue weighted by molar-refractivity contribution is 5.85. The quantitative estimate of drug-likeness (QED) is 0.473. The minimum Gasteiger partial charge on any atom is -0.480 e. The Balaban J connectivity index is 2.04. The first-order valence-corrected chi connectivity index (χ1v) is 4.67. The molecule has 0 aromatic rings. The number of nitrogens with one attached hydrogen (secondary N) is 1. The highest BCUT2D eigenvalue weighted by Gasteiger charge is 2.42. The van der Waals surface area contributed by atoms with E-state index in [0.29, 0.717) is 19.5 Å². The Bertz CT molecular complexity index is 291. The Hall–Kier alpha value is -1.30. The second kappa shape index (κ2) is 3.13. The van der Waals surface area contributed by atoms with Crippen LogP contribution in [0.15, 0.2) is 4.99 Å². The fourth-order valence-electron chi connectivity index (χ4n) is 1.79. The zero-order chi connectivity index (χ0) is 10.2. The summed E-state index contributed by atoms with van der Waals surface area (Å²) in [6.07, 6.45) is 0.475. The Labute approximate surface area is 81.8 Å². The van der Waals surface area contributed by atoms with Crippen LogP contribution in [-0.2, 0) is 4.79 Å². The van der Waals surface area contributed by atoms with Crippen LogP contribution in [0.3, 0.4) is 0 Å². The number of rotatable bonds is 1. The SMILES string of the molecule is NC1(C(=O)O)CCN(C2=NCCN2)C1. The van der Waals surface area contributed by atoms with Gasteiger partial charge >= 0.3 is 5.97 Å². The topological polar surface area (TPSA) is 91.0 Å². The number of carboxylic acid groups (broad SMARTS) is 1. The van der Waals surface area contributed by atoms with E-state index in [4.69, 9.17) is 10.8 Å². The molecule has 0 spiro atoms. The number of carbonyl (C=O) groups is 1. The largest absolute Gasteiger partial charge is 0.480 e. The molecule has 0 bridgehead atoms. The van der Waals surface area contributed by atoms with Crippen LogP contribution in [0.25, 0.3) is 0 Å². The fourth-order valence-corrected chi connectivity index (χ4v) is 1.79. The van der Waals surface area contributed by atoms with Crippen molar-refractivity contribution in [2.75, 3.05) is 26.2 Å². The predicted octanol–water partition coefficient (Wildman–Crippen LogP) is -1.57. The van der Waals surface area contributed by atoms with Gasteiger partial charge in [0.25, 0.3) is 0 Å². The monoisotopic (exact) mass is 198 g/mol. The van der Waals surface area contributed by atoms with Crippen LogP contribution in [0, 0.1) is 0 Å². The zero-order valence-corrected chi connectivity index (χ0v) is 7.86. The van der Waals surface area contributed by atoms with E-state index < -0.39 is 11.5 Å². The summed E-state index contributed by atoms with van der Waals surface area (Å²) in [5, 5.41) is 12.0. The molecule has 78 valence electrons. The zero-order valence-electron chi connectivity index (χ0n) is 7.86. The molecule has 0 radical (unpaired) electrons. The minimum atomic E-state index is -1.10. The van der Waals surface area contributed by atoms with Crippen LogP contribution in [0.2, 0.25) is 0 Å². The first-order valence-electron chi connectivity index (χ1n) is 4.67. The number of hydrogen-bond donors (Lipinski definition) is 3. The van der Waals surface area contributed by atoms with E-state index in [1.54, 1.807) is 0 Å². The maximum atomic E-state index is 10.9. The van der Waals surface area contributed by atoms with Gasteiger partial charge in [-0.15, -0.1) is 0 Å². The highest BCUT2D eigenvalue weighted by atomic mass is 16.4. The summed E-state index contributed by atoms with van der Waals surface area (Å²) in [7, 11) is 0. The highest BCUT2D eigenvalue weighted by Crippen LogP contribution is 2.19. The van der Waals surface area contributed by atoms with Crippen molar-refractivity contribution in [2.24, 2.45) is 10.7 Å². The predicted molar refractivity (Wildman–Crippen MR) is 51.0 cm³/mol. The van der Waals surface area contributed by atoms with Gasteiger partial charge in [0.1, 0.15) is 5.54 Å². The normalized spacial score (nSPS) is 31.5. The van der Waals surface area contributed by atoms with Gasteiger partial charge in [0.05, 0.1) is 6.54 Å². The van der Waals surface area contributed by atoms with E-state index in [0.717, 1.165) is 19.0 Å². The van der Waals surface area contributed by atoms with Gasteiger partial charge < -0.3 is 21.1 Å². The van der Waals surface area contributed by atoms with Crippen molar-refractivity contribution in [2.45, 2.75) is 12.0 Å². The molecule has 14 heavy (non-hydrogen) atoms. The van der Waals surface area contributed by atoms with Crippen LogP contribution >= 0.6 is 0 Å². The summed E-state index contributed by atoms with van der Waals surface area (Å²) >= 11 is 0. The first-order chi connectivity index (χ1) is 6.62. The molecule has 1 saturated heterocycles. The molecule has 4 N–H and O–H groups in total. The van der Waals surface area contributed by atoms with E-state index in [1.165, 1.54) is 0 Å². The molecule has 1 fully saturated rings. The van der Waals surface area contributed by atoms with E-state index in [2.05, 4.69) is 10.3 Å². The van der Waals surface area contributed by atoms with Gasteiger partial charge in [0.15, 0.2) is 5.96 Å². The van der Waals surface area contributed by atoms with Crippen LogP contribution in [0.1, 0.15) is 6.42 Å². The standard InChI is InChI=1S/C8H14N4O2/c9-8(6(13)14)1-4-12(5-8)7-10-2-3-11-7/h1-5,9H2,(H,10,11)(H,13,14). The molecular formula is C8H14N4O2.